The van der Waals surface area contributed by atoms with Gasteiger partial charge >= 0.3 is 6.18 Å². The number of imidazole rings is 1. The van der Waals surface area contributed by atoms with Gasteiger partial charge in [0, 0.05) is 26.5 Å². The Hall–Kier alpha value is -0.793. The van der Waals surface area contributed by atoms with Crippen LogP contribution in [-0.4, -0.2) is 30.1 Å². The number of allylic oxidation sites excluding steroid dienone is 2. The molecule has 1 rings (SSSR count). The summed E-state index contributed by atoms with van der Waals surface area (Å²) in [7, 11) is -1.23. The quantitative estimate of drug-likeness (QED) is 0.397. The van der Waals surface area contributed by atoms with Gasteiger partial charge in [0.25, 0.3) is 0 Å². The number of aromatic nitrogens is 2. The third kappa shape index (κ3) is 5.77. The molecule has 0 amide bonds. The Morgan fingerprint density at radius 3 is 2.50 bits per heavy atom. The summed E-state index contributed by atoms with van der Waals surface area (Å²) in [5.74, 6) is 0.303. The van der Waals surface area contributed by atoms with Crippen molar-refractivity contribution in [3.8, 4) is 0 Å². The summed E-state index contributed by atoms with van der Waals surface area (Å²) in [6, 6.07) is 0.954. The van der Waals surface area contributed by atoms with Gasteiger partial charge in [-0.3, -0.25) is 0 Å². The van der Waals surface area contributed by atoms with Crippen molar-refractivity contribution in [2.75, 3.05) is 12.5 Å². The molecule has 0 aliphatic heterocycles. The highest BCUT2D eigenvalue weighted by Gasteiger charge is 2.35. The maximum Gasteiger partial charge on any atom is 0.434 e. The van der Waals surface area contributed by atoms with E-state index in [1.54, 1.807) is 13.0 Å². The van der Waals surface area contributed by atoms with Gasteiger partial charge in [0.15, 0.2) is 5.69 Å². The maximum absolute atomic E-state index is 12.8. The number of ether oxygens (including phenoxy) is 1. The van der Waals surface area contributed by atoms with Crippen molar-refractivity contribution in [2.24, 2.45) is 0 Å². The largest absolute Gasteiger partial charge is 0.434 e. The smallest absolute Gasteiger partial charge is 0.361 e. The van der Waals surface area contributed by atoms with Gasteiger partial charge in [-0.2, -0.15) is 13.2 Å². The van der Waals surface area contributed by atoms with Gasteiger partial charge in [0.05, 0.1) is 5.88 Å². The Bertz CT molecular complexity index is 521. The molecule has 126 valence electrons. The highest BCUT2D eigenvalue weighted by Crippen LogP contribution is 2.30. The molecule has 1 aromatic rings. The summed E-state index contributed by atoms with van der Waals surface area (Å²) >= 11 is 5.78. The average Bonchev–Trinajstić information content (AvgIpc) is 2.79. The number of halogens is 4. The zero-order chi connectivity index (χ0) is 17.0. The molecule has 8 heteroatoms. The molecular formula is C14H22ClF3N2OSi. The lowest BCUT2D eigenvalue weighted by atomic mass is 10.3. The van der Waals surface area contributed by atoms with E-state index in [-0.39, 0.29) is 18.4 Å². The Kier molecular flexibility index (Phi) is 6.70. The third-order valence-electron chi connectivity index (χ3n) is 3.07. The first-order chi connectivity index (χ1) is 10.1. The second kappa shape index (κ2) is 7.65. The van der Waals surface area contributed by atoms with Crippen LogP contribution in [0.25, 0.3) is 5.57 Å². The SMILES string of the molecule is CC=C(CCl)c1nc(C(F)(F)F)cn1COCC[Si](C)(C)C. The van der Waals surface area contributed by atoms with Crippen molar-refractivity contribution in [2.45, 2.75) is 45.5 Å². The molecule has 0 atom stereocenters. The minimum Gasteiger partial charge on any atom is -0.361 e. The molecule has 0 aliphatic carbocycles. The molecule has 0 fully saturated rings. The molecule has 1 aromatic heterocycles. The first kappa shape index (κ1) is 19.3. The van der Waals surface area contributed by atoms with Crippen LogP contribution in [0.1, 0.15) is 18.4 Å². The van der Waals surface area contributed by atoms with E-state index in [4.69, 9.17) is 16.3 Å². The highest BCUT2D eigenvalue weighted by molar-refractivity contribution is 6.76. The second-order valence-corrected chi connectivity index (χ2v) is 12.1. The van der Waals surface area contributed by atoms with Crippen molar-refractivity contribution in [1.29, 1.82) is 0 Å². The number of alkyl halides is 4. The van der Waals surface area contributed by atoms with E-state index in [9.17, 15) is 13.2 Å². The standard InChI is InChI=1S/C14H22ClF3N2OSi/c1-5-11(8-15)13-19-12(14(16,17)18)9-20(13)10-21-6-7-22(2,3)4/h5,9H,6-8,10H2,1-4H3. The van der Waals surface area contributed by atoms with E-state index >= 15 is 0 Å². The molecular weight excluding hydrogens is 333 g/mol. The summed E-state index contributed by atoms with van der Waals surface area (Å²) in [5, 5.41) is 0. The van der Waals surface area contributed by atoms with Crippen molar-refractivity contribution >= 4 is 25.2 Å². The average molecular weight is 355 g/mol. The molecule has 0 unspecified atom stereocenters. The van der Waals surface area contributed by atoms with Crippen LogP contribution in [0.2, 0.25) is 25.7 Å². The van der Waals surface area contributed by atoms with Gasteiger partial charge in [-0.15, -0.1) is 11.6 Å². The minimum absolute atomic E-state index is 0.0388. The predicted octanol–water partition coefficient (Wildman–Crippen LogP) is 4.86. The summed E-state index contributed by atoms with van der Waals surface area (Å²) in [6.45, 7) is 8.93. The number of hydrogen-bond donors (Lipinski definition) is 0. The summed E-state index contributed by atoms with van der Waals surface area (Å²) < 4.78 is 45.4. The zero-order valence-electron chi connectivity index (χ0n) is 13.3. The van der Waals surface area contributed by atoms with Crippen LogP contribution in [0.3, 0.4) is 0 Å². The Morgan fingerprint density at radius 2 is 2.05 bits per heavy atom. The number of rotatable bonds is 7. The monoisotopic (exact) mass is 354 g/mol. The van der Waals surface area contributed by atoms with E-state index in [0.717, 1.165) is 12.2 Å². The Labute approximate surface area is 135 Å². The summed E-state index contributed by atoms with van der Waals surface area (Å²) in [5.41, 5.74) is -0.383. The predicted molar refractivity (Wildman–Crippen MR) is 85.7 cm³/mol. The zero-order valence-corrected chi connectivity index (χ0v) is 15.1. The molecule has 1 heterocycles. The summed E-state index contributed by atoms with van der Waals surface area (Å²) in [6.07, 6.45) is -1.85. The van der Waals surface area contributed by atoms with Gasteiger partial charge in [0.2, 0.25) is 0 Å². The first-order valence-corrected chi connectivity index (χ1v) is 11.3. The molecule has 3 nitrogen and oxygen atoms in total. The van der Waals surface area contributed by atoms with Crippen LogP contribution in [-0.2, 0) is 17.6 Å². The molecule has 0 N–H and O–H groups in total. The molecule has 0 radical (unpaired) electrons. The van der Waals surface area contributed by atoms with Crippen LogP contribution < -0.4 is 0 Å². The van der Waals surface area contributed by atoms with Gasteiger partial charge in [-0.1, -0.05) is 25.7 Å². The molecule has 0 aliphatic rings. The highest BCUT2D eigenvalue weighted by atomic mass is 35.5. The van der Waals surface area contributed by atoms with Crippen LogP contribution in [0.5, 0.6) is 0 Å². The van der Waals surface area contributed by atoms with Crippen LogP contribution >= 0.6 is 11.6 Å². The summed E-state index contributed by atoms with van der Waals surface area (Å²) in [4.78, 5) is 3.66. The van der Waals surface area contributed by atoms with Gasteiger partial charge in [0.1, 0.15) is 12.6 Å². The molecule has 0 bridgehead atoms. The third-order valence-corrected chi connectivity index (χ3v) is 5.07. The Morgan fingerprint density at radius 1 is 1.41 bits per heavy atom. The number of hydrogen-bond acceptors (Lipinski definition) is 2. The first-order valence-electron chi connectivity index (χ1n) is 7.02. The van der Waals surface area contributed by atoms with Gasteiger partial charge in [-0.05, 0) is 13.0 Å². The van der Waals surface area contributed by atoms with E-state index in [2.05, 4.69) is 24.6 Å². The molecule has 22 heavy (non-hydrogen) atoms. The van der Waals surface area contributed by atoms with Crippen molar-refractivity contribution in [3.05, 3.63) is 23.8 Å². The van der Waals surface area contributed by atoms with E-state index < -0.39 is 19.9 Å². The van der Waals surface area contributed by atoms with Crippen LogP contribution in [0.15, 0.2) is 12.3 Å². The van der Waals surface area contributed by atoms with Gasteiger partial charge in [-0.25, -0.2) is 4.98 Å². The fourth-order valence-corrected chi connectivity index (χ4v) is 2.74. The number of nitrogens with zero attached hydrogens (tertiary/aromatic N) is 2. The van der Waals surface area contributed by atoms with Gasteiger partial charge < -0.3 is 9.30 Å². The van der Waals surface area contributed by atoms with Crippen molar-refractivity contribution in [3.63, 3.8) is 0 Å². The molecule has 0 aromatic carbocycles. The lowest BCUT2D eigenvalue weighted by Crippen LogP contribution is -2.22. The maximum atomic E-state index is 12.8. The topological polar surface area (TPSA) is 27.1 Å². The minimum atomic E-state index is -4.48. The molecule has 0 saturated heterocycles. The lowest BCUT2D eigenvalue weighted by molar-refractivity contribution is -0.141. The lowest BCUT2D eigenvalue weighted by Gasteiger charge is -2.16. The molecule has 0 saturated carbocycles. The van der Waals surface area contributed by atoms with Crippen molar-refractivity contribution in [1.82, 2.24) is 9.55 Å². The van der Waals surface area contributed by atoms with E-state index in [0.29, 0.717) is 12.2 Å². The van der Waals surface area contributed by atoms with Crippen molar-refractivity contribution < 1.29 is 17.9 Å². The fraction of sp³-hybridized carbons (Fsp3) is 0.643. The Balaban J connectivity index is 2.89. The second-order valence-electron chi connectivity index (χ2n) is 6.21. The van der Waals surface area contributed by atoms with Crippen LogP contribution in [0, 0.1) is 0 Å². The van der Waals surface area contributed by atoms with E-state index in [1.165, 1.54) is 4.57 Å². The van der Waals surface area contributed by atoms with E-state index in [1.807, 2.05) is 0 Å². The fourth-order valence-electron chi connectivity index (χ4n) is 1.71. The normalized spacial score (nSPS) is 13.7. The molecule has 0 spiro atoms. The van der Waals surface area contributed by atoms with Crippen LogP contribution in [0.4, 0.5) is 13.2 Å².